The van der Waals surface area contributed by atoms with E-state index in [9.17, 15) is 9.18 Å². The highest BCUT2D eigenvalue weighted by molar-refractivity contribution is 5.89. The molecule has 0 atom stereocenters. The first kappa shape index (κ1) is 17.5. The van der Waals surface area contributed by atoms with E-state index in [1.807, 2.05) is 10.7 Å². The molecule has 6 nitrogen and oxygen atoms in total. The Kier molecular flexibility index (Phi) is 5.00. The summed E-state index contributed by atoms with van der Waals surface area (Å²) in [4.78, 5) is 16.5. The Balaban J connectivity index is 1.35. The highest BCUT2D eigenvalue weighted by atomic mass is 19.1. The van der Waals surface area contributed by atoms with Gasteiger partial charge in [-0.3, -0.25) is 4.79 Å². The number of nitrogens with zero attached hydrogens (tertiary/aromatic N) is 3. The fraction of sp³-hybridized carbons (Fsp3) is 0.350. The van der Waals surface area contributed by atoms with Crippen molar-refractivity contribution in [2.24, 2.45) is 0 Å². The number of rotatable bonds is 6. The van der Waals surface area contributed by atoms with Gasteiger partial charge >= 0.3 is 0 Å². The molecule has 1 aliphatic carbocycles. The minimum atomic E-state index is -0.363. The zero-order valence-corrected chi connectivity index (χ0v) is 14.9. The van der Waals surface area contributed by atoms with Crippen molar-refractivity contribution in [2.75, 3.05) is 5.32 Å². The zero-order valence-electron chi connectivity index (χ0n) is 14.9. The van der Waals surface area contributed by atoms with Crippen molar-refractivity contribution in [1.82, 2.24) is 14.8 Å². The largest absolute Gasteiger partial charge is 0.441 e. The molecule has 2 heterocycles. The zero-order chi connectivity index (χ0) is 18.6. The first-order valence-electron chi connectivity index (χ1n) is 9.23. The van der Waals surface area contributed by atoms with Crippen molar-refractivity contribution < 1.29 is 13.6 Å². The van der Waals surface area contributed by atoms with Crippen LogP contribution in [0.15, 0.2) is 47.1 Å². The van der Waals surface area contributed by atoms with Crippen molar-refractivity contribution in [3.05, 3.63) is 54.4 Å². The summed E-state index contributed by atoms with van der Waals surface area (Å²) in [5.74, 6) is 1.01. The molecule has 140 valence electrons. The lowest BCUT2D eigenvalue weighted by Gasteiger charge is -2.14. The van der Waals surface area contributed by atoms with Gasteiger partial charge < -0.3 is 9.73 Å². The average molecular weight is 368 g/mol. The summed E-state index contributed by atoms with van der Waals surface area (Å²) in [5.41, 5.74) is 0.362. The first-order chi connectivity index (χ1) is 13.2. The second-order valence-electron chi connectivity index (χ2n) is 6.75. The van der Waals surface area contributed by atoms with Gasteiger partial charge in [0.25, 0.3) is 0 Å². The van der Waals surface area contributed by atoms with E-state index in [-0.39, 0.29) is 18.1 Å². The molecule has 7 heteroatoms. The Bertz CT molecular complexity index is 927. The van der Waals surface area contributed by atoms with Gasteiger partial charge in [0.05, 0.1) is 24.0 Å². The molecule has 1 amide bonds. The van der Waals surface area contributed by atoms with E-state index in [1.165, 1.54) is 25.1 Å². The topological polar surface area (TPSA) is 73.0 Å². The maximum absolute atomic E-state index is 13.8. The second kappa shape index (κ2) is 7.73. The normalized spacial score (nSPS) is 14.6. The molecule has 0 radical (unpaired) electrons. The van der Waals surface area contributed by atoms with Crippen LogP contribution in [0.3, 0.4) is 0 Å². The van der Waals surface area contributed by atoms with Crippen molar-refractivity contribution in [3.8, 4) is 11.3 Å². The van der Waals surface area contributed by atoms with E-state index >= 15 is 0 Å². The lowest BCUT2D eigenvalue weighted by Crippen LogP contribution is -2.18. The van der Waals surface area contributed by atoms with Gasteiger partial charge in [0, 0.05) is 18.9 Å². The molecule has 1 aliphatic rings. The van der Waals surface area contributed by atoms with Crippen LogP contribution in [0, 0.1) is 5.82 Å². The monoisotopic (exact) mass is 368 g/mol. The minimum Gasteiger partial charge on any atom is -0.441 e. The highest BCUT2D eigenvalue weighted by Gasteiger charge is 2.20. The van der Waals surface area contributed by atoms with Gasteiger partial charge in [-0.05, 0) is 25.0 Å². The standard InChI is InChI=1S/C20H21FN4O2/c21-16-8-4-3-7-15(16)17-13-22-20(27-17)10-9-19(26)24-18-11-12-23-25(18)14-5-1-2-6-14/h3-4,7-8,11-14H,1-2,5-6,9-10H2,(H,24,26). The van der Waals surface area contributed by atoms with Crippen LogP contribution >= 0.6 is 0 Å². The molecular formula is C20H21FN4O2. The van der Waals surface area contributed by atoms with Crippen LogP contribution in [0.1, 0.15) is 44.0 Å². The van der Waals surface area contributed by atoms with Crippen LogP contribution < -0.4 is 5.32 Å². The van der Waals surface area contributed by atoms with Gasteiger partial charge in [-0.15, -0.1) is 0 Å². The molecule has 1 saturated carbocycles. The Morgan fingerprint density at radius 1 is 1.26 bits per heavy atom. The molecule has 0 bridgehead atoms. The van der Waals surface area contributed by atoms with Gasteiger partial charge in [-0.1, -0.05) is 25.0 Å². The lowest BCUT2D eigenvalue weighted by atomic mass is 10.2. The summed E-state index contributed by atoms with van der Waals surface area (Å²) in [5, 5.41) is 7.27. The Morgan fingerprint density at radius 3 is 2.89 bits per heavy atom. The predicted octanol–water partition coefficient (Wildman–Crippen LogP) is 4.36. The number of aromatic nitrogens is 3. The smallest absolute Gasteiger partial charge is 0.226 e. The van der Waals surface area contributed by atoms with Crippen molar-refractivity contribution >= 4 is 11.7 Å². The van der Waals surface area contributed by atoms with Crippen LogP contribution in [0.2, 0.25) is 0 Å². The van der Waals surface area contributed by atoms with E-state index in [0.29, 0.717) is 29.7 Å². The molecule has 0 unspecified atom stereocenters. The van der Waals surface area contributed by atoms with E-state index in [2.05, 4.69) is 15.4 Å². The number of anilines is 1. The molecule has 0 saturated heterocycles. The molecule has 1 aromatic carbocycles. The number of halogens is 1. The Labute approximate surface area is 156 Å². The van der Waals surface area contributed by atoms with E-state index < -0.39 is 0 Å². The minimum absolute atomic E-state index is 0.125. The summed E-state index contributed by atoms with van der Waals surface area (Å²) < 4.78 is 21.3. The Hall–Kier alpha value is -2.96. The van der Waals surface area contributed by atoms with Gasteiger partial charge in [0.1, 0.15) is 11.6 Å². The molecule has 3 aromatic rings. The maximum Gasteiger partial charge on any atom is 0.226 e. The van der Waals surface area contributed by atoms with E-state index in [4.69, 9.17) is 4.42 Å². The number of oxazole rings is 1. The molecule has 2 aromatic heterocycles. The molecular weight excluding hydrogens is 347 g/mol. The number of carbonyl (C=O) groups excluding carboxylic acids is 1. The van der Waals surface area contributed by atoms with Crippen LogP contribution in [0.25, 0.3) is 11.3 Å². The highest BCUT2D eigenvalue weighted by Crippen LogP contribution is 2.31. The summed E-state index contributed by atoms with van der Waals surface area (Å²) in [6.45, 7) is 0. The third-order valence-electron chi connectivity index (χ3n) is 4.87. The van der Waals surface area contributed by atoms with Gasteiger partial charge in [-0.2, -0.15) is 5.10 Å². The van der Waals surface area contributed by atoms with E-state index in [0.717, 1.165) is 18.7 Å². The molecule has 0 spiro atoms. The number of nitrogens with one attached hydrogen (secondary N) is 1. The third kappa shape index (κ3) is 3.92. The fourth-order valence-electron chi connectivity index (χ4n) is 3.49. The lowest BCUT2D eigenvalue weighted by molar-refractivity contribution is -0.116. The average Bonchev–Trinajstić information content (AvgIpc) is 3.42. The molecule has 1 N–H and O–H groups in total. The summed E-state index contributed by atoms with van der Waals surface area (Å²) in [6, 6.07) is 8.55. The summed E-state index contributed by atoms with van der Waals surface area (Å²) in [6.07, 6.45) is 8.37. The number of hydrogen-bond donors (Lipinski definition) is 1. The third-order valence-corrected chi connectivity index (χ3v) is 4.87. The van der Waals surface area contributed by atoms with Gasteiger partial charge in [0.15, 0.2) is 11.7 Å². The first-order valence-corrected chi connectivity index (χ1v) is 9.23. The van der Waals surface area contributed by atoms with Crippen molar-refractivity contribution in [2.45, 2.75) is 44.6 Å². The quantitative estimate of drug-likeness (QED) is 0.701. The number of benzene rings is 1. The van der Waals surface area contributed by atoms with Crippen molar-refractivity contribution in [3.63, 3.8) is 0 Å². The number of amides is 1. The van der Waals surface area contributed by atoms with Gasteiger partial charge in [-0.25, -0.2) is 14.1 Å². The number of carbonyl (C=O) groups is 1. The summed E-state index contributed by atoms with van der Waals surface area (Å²) >= 11 is 0. The number of hydrogen-bond acceptors (Lipinski definition) is 4. The summed E-state index contributed by atoms with van der Waals surface area (Å²) in [7, 11) is 0. The molecule has 0 aliphatic heterocycles. The fourth-order valence-corrected chi connectivity index (χ4v) is 3.49. The van der Waals surface area contributed by atoms with Crippen LogP contribution in [0.5, 0.6) is 0 Å². The maximum atomic E-state index is 13.8. The molecule has 4 rings (SSSR count). The predicted molar refractivity (Wildman–Crippen MR) is 98.6 cm³/mol. The van der Waals surface area contributed by atoms with Crippen molar-refractivity contribution in [1.29, 1.82) is 0 Å². The van der Waals surface area contributed by atoms with Crippen LogP contribution in [-0.4, -0.2) is 20.7 Å². The SMILES string of the molecule is O=C(CCc1ncc(-c2ccccc2F)o1)Nc1ccnn1C1CCCC1. The number of aryl methyl sites for hydroxylation is 1. The van der Waals surface area contributed by atoms with Crippen LogP contribution in [0.4, 0.5) is 10.2 Å². The Morgan fingerprint density at radius 2 is 2.07 bits per heavy atom. The van der Waals surface area contributed by atoms with Gasteiger partial charge in [0.2, 0.25) is 5.91 Å². The molecule has 27 heavy (non-hydrogen) atoms. The van der Waals surface area contributed by atoms with Crippen LogP contribution in [-0.2, 0) is 11.2 Å². The van der Waals surface area contributed by atoms with E-state index in [1.54, 1.807) is 24.4 Å². The molecule has 1 fully saturated rings. The second-order valence-corrected chi connectivity index (χ2v) is 6.75.